The average molecular weight is 367 g/mol. The largest absolute Gasteiger partial charge is 0.403 e. The van der Waals surface area contributed by atoms with Crippen molar-refractivity contribution in [2.45, 2.75) is 25.7 Å². The molecule has 1 aliphatic rings. The Morgan fingerprint density at radius 1 is 1.19 bits per heavy atom. The fourth-order valence-electron chi connectivity index (χ4n) is 3.05. The molecule has 0 saturated carbocycles. The quantitative estimate of drug-likeness (QED) is 0.830. The summed E-state index contributed by atoms with van der Waals surface area (Å²) in [6.45, 7) is 2.53. The lowest BCUT2D eigenvalue weighted by atomic mass is 10.1. The fourth-order valence-corrected chi connectivity index (χ4v) is 3.05. The van der Waals surface area contributed by atoms with E-state index in [0.717, 1.165) is 12.5 Å². The highest BCUT2D eigenvalue weighted by Crippen LogP contribution is 2.25. The summed E-state index contributed by atoms with van der Waals surface area (Å²) in [4.78, 5) is 19.7. The molecule has 2 aromatic rings. The van der Waals surface area contributed by atoms with Crippen molar-refractivity contribution < 1.29 is 18.0 Å². The van der Waals surface area contributed by atoms with E-state index in [9.17, 15) is 18.0 Å². The molecule has 1 atom stereocenters. The zero-order valence-electron chi connectivity index (χ0n) is 14.4. The number of carbonyl (C=O) groups is 1. The molecule has 1 aromatic carbocycles. The van der Waals surface area contributed by atoms with Crippen molar-refractivity contribution in [3.05, 3.63) is 48.0 Å². The minimum atomic E-state index is -4.25. The van der Waals surface area contributed by atoms with Crippen LogP contribution in [-0.4, -0.2) is 68.9 Å². The summed E-state index contributed by atoms with van der Waals surface area (Å²) in [5.74, 6) is -0.167. The van der Waals surface area contributed by atoms with Gasteiger partial charge in [0, 0.05) is 31.7 Å². The van der Waals surface area contributed by atoms with E-state index in [1.54, 1.807) is 28.0 Å². The number of nitrogens with zero attached hydrogens (tertiary/aromatic N) is 5. The highest BCUT2D eigenvalue weighted by Gasteiger charge is 2.41. The molecule has 0 unspecified atom stereocenters. The van der Waals surface area contributed by atoms with Crippen LogP contribution >= 0.6 is 0 Å². The summed E-state index contributed by atoms with van der Waals surface area (Å²) < 4.78 is 40.2. The molecule has 1 saturated heterocycles. The molecule has 2 heterocycles. The fraction of sp³-hybridized carbons (Fsp3) is 0.471. The Morgan fingerprint density at radius 2 is 1.88 bits per heavy atom. The standard InChI is InChI=1S/C17H20F3N5O/c1-13(17(18,19)20)23-6-8-24(9-7-23)16(26)15-5-3-2-4-14(15)10-25-12-21-11-22-25/h2-5,11-13H,6-10H2,1H3/t13-/m1/s1. The van der Waals surface area contributed by atoms with Crippen LogP contribution in [0.4, 0.5) is 13.2 Å². The molecule has 1 amide bonds. The van der Waals surface area contributed by atoms with Gasteiger partial charge in [-0.15, -0.1) is 0 Å². The van der Waals surface area contributed by atoms with Crippen LogP contribution < -0.4 is 0 Å². The summed E-state index contributed by atoms with van der Waals surface area (Å²) in [5, 5.41) is 4.04. The van der Waals surface area contributed by atoms with E-state index < -0.39 is 12.2 Å². The normalized spacial score (nSPS) is 17.3. The second-order valence-corrected chi connectivity index (χ2v) is 6.30. The number of alkyl halides is 3. The first-order valence-corrected chi connectivity index (χ1v) is 8.36. The Morgan fingerprint density at radius 3 is 2.50 bits per heavy atom. The number of carbonyl (C=O) groups excluding carboxylic acids is 1. The summed E-state index contributed by atoms with van der Waals surface area (Å²) in [7, 11) is 0. The van der Waals surface area contributed by atoms with Gasteiger partial charge in [0.05, 0.1) is 6.54 Å². The van der Waals surface area contributed by atoms with Crippen LogP contribution in [0.5, 0.6) is 0 Å². The lowest BCUT2D eigenvalue weighted by molar-refractivity contribution is -0.181. The minimum Gasteiger partial charge on any atom is -0.336 e. The van der Waals surface area contributed by atoms with Gasteiger partial charge in [-0.3, -0.25) is 9.69 Å². The molecule has 1 aliphatic heterocycles. The number of halogens is 3. The lowest BCUT2D eigenvalue weighted by Gasteiger charge is -2.38. The molecule has 9 heteroatoms. The predicted molar refractivity (Wildman–Crippen MR) is 88.6 cm³/mol. The third-order valence-electron chi connectivity index (χ3n) is 4.67. The zero-order chi connectivity index (χ0) is 18.7. The number of aromatic nitrogens is 3. The molecular formula is C17H20F3N5O. The van der Waals surface area contributed by atoms with E-state index in [2.05, 4.69) is 10.1 Å². The van der Waals surface area contributed by atoms with Crippen LogP contribution in [0.25, 0.3) is 0 Å². The predicted octanol–water partition coefficient (Wildman–Crippen LogP) is 2.04. The van der Waals surface area contributed by atoms with Crippen molar-refractivity contribution in [2.24, 2.45) is 0 Å². The molecular weight excluding hydrogens is 347 g/mol. The maximum Gasteiger partial charge on any atom is 0.403 e. The Balaban J connectivity index is 1.68. The lowest BCUT2D eigenvalue weighted by Crippen LogP contribution is -2.54. The van der Waals surface area contributed by atoms with Crippen LogP contribution in [-0.2, 0) is 6.54 Å². The minimum absolute atomic E-state index is 0.167. The molecule has 140 valence electrons. The van der Waals surface area contributed by atoms with Crippen LogP contribution in [0.2, 0.25) is 0 Å². The zero-order valence-corrected chi connectivity index (χ0v) is 14.4. The van der Waals surface area contributed by atoms with Gasteiger partial charge in [-0.1, -0.05) is 18.2 Å². The van der Waals surface area contributed by atoms with Crippen molar-refractivity contribution in [3.8, 4) is 0 Å². The van der Waals surface area contributed by atoms with Crippen LogP contribution in [0.1, 0.15) is 22.8 Å². The number of rotatable bonds is 4. The van der Waals surface area contributed by atoms with Crippen LogP contribution in [0.3, 0.4) is 0 Å². The monoisotopic (exact) mass is 367 g/mol. The van der Waals surface area contributed by atoms with E-state index in [0.29, 0.717) is 12.1 Å². The highest BCUT2D eigenvalue weighted by molar-refractivity contribution is 5.95. The van der Waals surface area contributed by atoms with E-state index in [-0.39, 0.29) is 32.1 Å². The van der Waals surface area contributed by atoms with Gasteiger partial charge in [0.15, 0.2) is 0 Å². The van der Waals surface area contributed by atoms with Gasteiger partial charge in [0.25, 0.3) is 5.91 Å². The number of benzene rings is 1. The third kappa shape index (κ3) is 4.04. The van der Waals surface area contributed by atoms with E-state index in [4.69, 9.17) is 0 Å². The Bertz CT molecular complexity index is 739. The molecule has 1 fully saturated rings. The SMILES string of the molecule is C[C@@H](N1CCN(C(=O)c2ccccc2Cn2cncn2)CC1)C(F)(F)F. The Kier molecular flexibility index (Phi) is 5.26. The second kappa shape index (κ2) is 7.45. The highest BCUT2D eigenvalue weighted by atomic mass is 19.4. The maximum absolute atomic E-state index is 12.9. The molecule has 3 rings (SSSR count). The number of hydrogen-bond acceptors (Lipinski definition) is 4. The summed E-state index contributed by atoms with van der Waals surface area (Å²) in [6.07, 6.45) is -1.26. The maximum atomic E-state index is 12.9. The Labute approximate surface area is 149 Å². The molecule has 26 heavy (non-hydrogen) atoms. The van der Waals surface area contributed by atoms with Crippen molar-refractivity contribution in [1.82, 2.24) is 24.6 Å². The van der Waals surface area contributed by atoms with Gasteiger partial charge in [0.1, 0.15) is 18.7 Å². The average Bonchev–Trinajstić information content (AvgIpc) is 3.13. The third-order valence-corrected chi connectivity index (χ3v) is 4.67. The summed E-state index contributed by atoms with van der Waals surface area (Å²) in [6, 6.07) is 5.70. The van der Waals surface area contributed by atoms with Crippen molar-refractivity contribution in [3.63, 3.8) is 0 Å². The van der Waals surface area contributed by atoms with Gasteiger partial charge in [-0.25, -0.2) is 9.67 Å². The molecule has 6 nitrogen and oxygen atoms in total. The van der Waals surface area contributed by atoms with Crippen molar-refractivity contribution in [2.75, 3.05) is 26.2 Å². The number of hydrogen-bond donors (Lipinski definition) is 0. The van der Waals surface area contributed by atoms with Gasteiger partial charge in [-0.05, 0) is 18.6 Å². The summed E-state index contributed by atoms with van der Waals surface area (Å²) >= 11 is 0. The first kappa shape index (κ1) is 18.4. The molecule has 0 N–H and O–H groups in total. The van der Waals surface area contributed by atoms with Crippen molar-refractivity contribution in [1.29, 1.82) is 0 Å². The van der Waals surface area contributed by atoms with Crippen LogP contribution in [0.15, 0.2) is 36.9 Å². The van der Waals surface area contributed by atoms with Gasteiger partial charge < -0.3 is 4.90 Å². The second-order valence-electron chi connectivity index (χ2n) is 6.30. The van der Waals surface area contributed by atoms with Gasteiger partial charge in [0.2, 0.25) is 0 Å². The topological polar surface area (TPSA) is 54.3 Å². The van der Waals surface area contributed by atoms with E-state index in [1.165, 1.54) is 11.2 Å². The molecule has 1 aromatic heterocycles. The molecule has 0 radical (unpaired) electrons. The van der Waals surface area contributed by atoms with Gasteiger partial charge >= 0.3 is 6.18 Å². The Hall–Kier alpha value is -2.42. The molecule has 0 aliphatic carbocycles. The molecule has 0 spiro atoms. The number of amides is 1. The number of piperazine rings is 1. The van der Waals surface area contributed by atoms with Crippen LogP contribution in [0, 0.1) is 0 Å². The first-order valence-electron chi connectivity index (χ1n) is 8.36. The van der Waals surface area contributed by atoms with Gasteiger partial charge in [-0.2, -0.15) is 18.3 Å². The van der Waals surface area contributed by atoms with E-state index >= 15 is 0 Å². The van der Waals surface area contributed by atoms with E-state index in [1.807, 2.05) is 12.1 Å². The van der Waals surface area contributed by atoms with Crippen molar-refractivity contribution >= 4 is 5.91 Å². The smallest absolute Gasteiger partial charge is 0.336 e. The summed E-state index contributed by atoms with van der Waals surface area (Å²) in [5.41, 5.74) is 1.34. The molecule has 0 bridgehead atoms. The first-order chi connectivity index (χ1) is 12.4.